The van der Waals surface area contributed by atoms with Gasteiger partial charge in [-0.2, -0.15) is 16.8 Å². The van der Waals surface area contributed by atoms with E-state index >= 15 is 0 Å². The summed E-state index contributed by atoms with van der Waals surface area (Å²) in [6, 6.07) is 0. The highest BCUT2D eigenvalue weighted by molar-refractivity contribution is 7.81. The molecule has 11 heavy (non-hydrogen) atoms. The standard InChI is InChI=1S/H2O9S2/c1-10(2,3)8-7-9-11(4,5)6/h(H,1,2,3)(H,4,5,6). The zero-order chi connectivity index (χ0) is 9.12. The Morgan fingerprint density at radius 1 is 0.818 bits per heavy atom. The largest absolute Gasteiger partial charge is 0.426 e. The highest BCUT2D eigenvalue weighted by Crippen LogP contribution is 1.92. The Hall–Kier alpha value is -0.300. The van der Waals surface area contributed by atoms with Gasteiger partial charge in [0.25, 0.3) is 0 Å². The Morgan fingerprint density at radius 2 is 1.09 bits per heavy atom. The molecule has 0 aliphatic heterocycles. The molecule has 0 aromatic heterocycles. The van der Waals surface area contributed by atoms with Crippen molar-refractivity contribution in [1.82, 2.24) is 0 Å². The van der Waals surface area contributed by atoms with Crippen molar-refractivity contribution in [2.24, 2.45) is 0 Å². The lowest BCUT2D eigenvalue weighted by atomic mass is 14.6. The molecule has 0 heterocycles. The van der Waals surface area contributed by atoms with Crippen LogP contribution in [0.4, 0.5) is 0 Å². The number of rotatable bonds is 4. The van der Waals surface area contributed by atoms with Crippen molar-refractivity contribution < 1.29 is 39.6 Å². The summed E-state index contributed by atoms with van der Waals surface area (Å²) in [5.74, 6) is 0. The third kappa shape index (κ3) is 9.70. The Kier molecular flexibility index (Phi) is 3.30. The molecule has 0 atom stereocenters. The molecular weight excluding hydrogens is 208 g/mol. The molecule has 0 unspecified atom stereocenters. The van der Waals surface area contributed by atoms with Gasteiger partial charge in [0.2, 0.25) is 0 Å². The molecule has 0 radical (unpaired) electrons. The van der Waals surface area contributed by atoms with Crippen LogP contribution in [0.25, 0.3) is 0 Å². The summed E-state index contributed by atoms with van der Waals surface area (Å²) in [7, 11) is -9.94. The smallest absolute Gasteiger partial charge is 0.262 e. The second-order valence-corrected chi connectivity index (χ2v) is 3.04. The van der Waals surface area contributed by atoms with Crippen molar-refractivity contribution in [3.05, 3.63) is 0 Å². The van der Waals surface area contributed by atoms with E-state index in [4.69, 9.17) is 9.11 Å². The van der Waals surface area contributed by atoms with Gasteiger partial charge in [0.05, 0.1) is 0 Å². The molecule has 0 fully saturated rings. The average molecular weight is 210 g/mol. The fraction of sp³-hybridized carbons (Fsp3) is 0. The molecule has 0 spiro atoms. The minimum atomic E-state index is -4.97. The van der Waals surface area contributed by atoms with E-state index < -0.39 is 20.8 Å². The lowest BCUT2D eigenvalue weighted by molar-refractivity contribution is -0.412. The molecule has 0 aliphatic rings. The number of hydrogen-bond acceptors (Lipinski definition) is 7. The van der Waals surface area contributed by atoms with Crippen molar-refractivity contribution >= 4 is 20.8 Å². The summed E-state index contributed by atoms with van der Waals surface area (Å²) in [6.07, 6.45) is 0. The van der Waals surface area contributed by atoms with E-state index in [9.17, 15) is 16.8 Å². The number of hydrogen-bond donors (Lipinski definition) is 2. The molecule has 0 saturated carbocycles. The molecule has 68 valence electrons. The zero-order valence-corrected chi connectivity index (χ0v) is 6.20. The van der Waals surface area contributed by atoms with E-state index in [0.29, 0.717) is 0 Å². The molecule has 0 saturated heterocycles. The summed E-state index contributed by atoms with van der Waals surface area (Å²) in [5, 5.41) is 2.89. The molecular formula is H2O9S2. The first-order valence-electron chi connectivity index (χ1n) is 1.70. The van der Waals surface area contributed by atoms with E-state index in [-0.39, 0.29) is 0 Å². The van der Waals surface area contributed by atoms with Gasteiger partial charge in [-0.25, -0.2) is 0 Å². The van der Waals surface area contributed by atoms with Crippen LogP contribution in [0.2, 0.25) is 0 Å². The van der Waals surface area contributed by atoms with Crippen LogP contribution in [0.5, 0.6) is 0 Å². The van der Waals surface area contributed by atoms with Crippen molar-refractivity contribution in [3.63, 3.8) is 0 Å². The molecule has 0 aliphatic carbocycles. The summed E-state index contributed by atoms with van der Waals surface area (Å²) < 4.78 is 59.4. The molecule has 11 heteroatoms. The van der Waals surface area contributed by atoms with E-state index in [0.717, 1.165) is 0 Å². The van der Waals surface area contributed by atoms with Gasteiger partial charge in [-0.1, -0.05) is 8.67 Å². The SMILES string of the molecule is O=S(=O)(O)OOOS(=O)(=O)O. The molecule has 0 aromatic rings. The van der Waals surface area contributed by atoms with Crippen LogP contribution in [-0.4, -0.2) is 25.9 Å². The Bertz CT molecular complexity index is 256. The van der Waals surface area contributed by atoms with E-state index in [2.05, 4.69) is 13.7 Å². The second kappa shape index (κ2) is 3.40. The maximum atomic E-state index is 9.57. The van der Waals surface area contributed by atoms with Crippen LogP contribution in [0, 0.1) is 0 Å². The predicted molar refractivity (Wildman–Crippen MR) is 26.4 cm³/mol. The monoisotopic (exact) mass is 210 g/mol. The fourth-order valence-corrected chi connectivity index (χ4v) is 0.313. The summed E-state index contributed by atoms with van der Waals surface area (Å²) in [5.41, 5.74) is 0. The van der Waals surface area contributed by atoms with Crippen LogP contribution in [0.1, 0.15) is 0 Å². The van der Waals surface area contributed by atoms with Gasteiger partial charge in [-0.05, 0) is 5.04 Å². The van der Waals surface area contributed by atoms with E-state index in [1.807, 2.05) is 0 Å². The van der Waals surface area contributed by atoms with Crippen molar-refractivity contribution in [2.45, 2.75) is 0 Å². The Labute approximate surface area is 61.2 Å². The highest BCUT2D eigenvalue weighted by atomic mass is 32.3. The van der Waals surface area contributed by atoms with Crippen molar-refractivity contribution in [1.29, 1.82) is 0 Å². The van der Waals surface area contributed by atoms with Crippen LogP contribution >= 0.6 is 0 Å². The van der Waals surface area contributed by atoms with Gasteiger partial charge < -0.3 is 0 Å². The molecule has 0 rings (SSSR count). The van der Waals surface area contributed by atoms with Gasteiger partial charge in [-0.15, -0.1) is 0 Å². The molecule has 9 nitrogen and oxygen atoms in total. The van der Waals surface area contributed by atoms with E-state index in [1.54, 1.807) is 0 Å². The van der Waals surface area contributed by atoms with Gasteiger partial charge in [0, 0.05) is 0 Å². The Balaban J connectivity index is 3.79. The molecule has 0 amide bonds. The van der Waals surface area contributed by atoms with Gasteiger partial charge >= 0.3 is 20.8 Å². The van der Waals surface area contributed by atoms with Gasteiger partial charge in [-0.3, -0.25) is 9.11 Å². The predicted octanol–water partition coefficient (Wildman–Crippen LogP) is -1.53. The molecule has 2 N–H and O–H groups in total. The normalized spacial score (nSPS) is 13.3. The zero-order valence-electron chi connectivity index (χ0n) is 4.57. The van der Waals surface area contributed by atoms with Crippen molar-refractivity contribution in [2.75, 3.05) is 0 Å². The fourth-order valence-electron chi connectivity index (χ4n) is 0.0815. The Morgan fingerprint density at radius 3 is 1.27 bits per heavy atom. The van der Waals surface area contributed by atoms with Crippen molar-refractivity contribution in [3.8, 4) is 0 Å². The molecule has 0 aromatic carbocycles. The third-order valence-electron chi connectivity index (χ3n) is 0.228. The van der Waals surface area contributed by atoms with Crippen LogP contribution < -0.4 is 0 Å². The van der Waals surface area contributed by atoms with Gasteiger partial charge in [0.1, 0.15) is 0 Å². The topological polar surface area (TPSA) is 136 Å². The van der Waals surface area contributed by atoms with E-state index in [1.165, 1.54) is 0 Å². The molecule has 0 bridgehead atoms. The lowest BCUT2D eigenvalue weighted by Crippen LogP contribution is -2.09. The van der Waals surface area contributed by atoms with Gasteiger partial charge in [0.15, 0.2) is 0 Å². The minimum Gasteiger partial charge on any atom is -0.262 e. The summed E-state index contributed by atoms with van der Waals surface area (Å²) in [6.45, 7) is 0. The quantitative estimate of drug-likeness (QED) is 0.321. The summed E-state index contributed by atoms with van der Waals surface area (Å²) in [4.78, 5) is 0. The van der Waals surface area contributed by atoms with Crippen LogP contribution in [0.15, 0.2) is 0 Å². The highest BCUT2D eigenvalue weighted by Gasteiger charge is 2.11. The van der Waals surface area contributed by atoms with Crippen LogP contribution in [-0.2, 0) is 34.5 Å². The first kappa shape index (κ1) is 10.7. The maximum Gasteiger partial charge on any atom is 0.426 e. The second-order valence-electron chi connectivity index (χ2n) is 1.06. The lowest BCUT2D eigenvalue weighted by Gasteiger charge is -1.93. The van der Waals surface area contributed by atoms with Crippen LogP contribution in [0.3, 0.4) is 0 Å². The third-order valence-corrected chi connectivity index (χ3v) is 0.683. The maximum absolute atomic E-state index is 9.57. The first-order valence-corrected chi connectivity index (χ1v) is 4.43. The summed E-state index contributed by atoms with van der Waals surface area (Å²) >= 11 is 0. The first-order chi connectivity index (χ1) is 4.71. The minimum absolute atomic E-state index is 2.87. The average Bonchev–Trinajstić information content (AvgIpc) is 1.55.